The van der Waals surface area contributed by atoms with Crippen LogP contribution in [0.2, 0.25) is 0 Å². The summed E-state index contributed by atoms with van der Waals surface area (Å²) in [6.07, 6.45) is 0. The molecule has 4 nitrogen and oxygen atoms in total. The van der Waals surface area contributed by atoms with Crippen LogP contribution in [0.15, 0.2) is 12.1 Å². The van der Waals surface area contributed by atoms with Crippen molar-refractivity contribution in [2.24, 2.45) is 0 Å². The van der Waals surface area contributed by atoms with Crippen molar-refractivity contribution < 1.29 is 10.2 Å². The molecule has 4 heteroatoms. The van der Waals surface area contributed by atoms with Gasteiger partial charge in [0.1, 0.15) is 0 Å². The summed E-state index contributed by atoms with van der Waals surface area (Å²) in [7, 11) is 3.44. The zero-order valence-electron chi connectivity index (χ0n) is 5.94. The molecule has 0 aliphatic heterocycles. The lowest BCUT2D eigenvalue weighted by atomic mass is 10.6. The predicted octanol–water partition coefficient (Wildman–Crippen LogP) is 0.0969. The Bertz CT molecular complexity index is 210. The smallest absolute Gasteiger partial charge is 0.213 e. The largest absolute Gasteiger partial charge is 0.493 e. The molecule has 0 aliphatic carbocycles. The minimum atomic E-state index is 0.0301. The lowest BCUT2D eigenvalue weighted by molar-refractivity contribution is 0.372. The van der Waals surface area contributed by atoms with Crippen LogP contribution in [0.3, 0.4) is 0 Å². The topological polar surface area (TPSA) is 48.6 Å². The van der Waals surface area contributed by atoms with E-state index < -0.39 is 0 Å². The molecule has 0 saturated heterocycles. The first-order valence-electron chi connectivity index (χ1n) is 2.90. The van der Waals surface area contributed by atoms with Gasteiger partial charge >= 0.3 is 0 Å². The van der Waals surface area contributed by atoms with Gasteiger partial charge in [-0.3, -0.25) is 0 Å². The molecule has 2 N–H and O–H groups in total. The van der Waals surface area contributed by atoms with Crippen molar-refractivity contribution in [1.29, 1.82) is 0 Å². The third-order valence-electron chi connectivity index (χ3n) is 1.22. The second-order valence-corrected chi connectivity index (χ2v) is 2.21. The van der Waals surface area contributed by atoms with Crippen LogP contribution in [0.4, 0.5) is 0 Å². The number of rotatable bonds is 1. The Hall–Kier alpha value is -1.32. The van der Waals surface area contributed by atoms with Gasteiger partial charge in [-0.1, -0.05) is 0 Å². The molecule has 0 radical (unpaired) electrons. The van der Waals surface area contributed by atoms with E-state index in [0.29, 0.717) is 0 Å². The Morgan fingerprint density at radius 3 is 1.80 bits per heavy atom. The minimum Gasteiger partial charge on any atom is -0.493 e. The third-order valence-corrected chi connectivity index (χ3v) is 1.22. The average Bonchev–Trinajstić information content (AvgIpc) is 2.11. The van der Waals surface area contributed by atoms with Gasteiger partial charge in [0, 0.05) is 26.2 Å². The zero-order valence-corrected chi connectivity index (χ0v) is 5.94. The van der Waals surface area contributed by atoms with Gasteiger partial charge in [-0.05, 0) is 0 Å². The quantitative estimate of drug-likeness (QED) is 0.584. The maximum atomic E-state index is 9.06. The Morgan fingerprint density at radius 1 is 1.20 bits per heavy atom. The highest BCUT2D eigenvalue weighted by Crippen LogP contribution is 2.19. The molecule has 0 saturated carbocycles. The summed E-state index contributed by atoms with van der Waals surface area (Å²) in [5.41, 5.74) is 0. The molecule has 0 fully saturated rings. The Labute approximate surface area is 58.9 Å². The van der Waals surface area contributed by atoms with E-state index in [1.54, 1.807) is 19.1 Å². The van der Waals surface area contributed by atoms with Crippen LogP contribution in [0.1, 0.15) is 0 Å². The monoisotopic (exact) mass is 142 g/mol. The van der Waals surface area contributed by atoms with Crippen molar-refractivity contribution in [2.75, 3.05) is 19.1 Å². The van der Waals surface area contributed by atoms with Gasteiger partial charge < -0.3 is 15.2 Å². The molecule has 0 atom stereocenters. The summed E-state index contributed by atoms with van der Waals surface area (Å²) in [4.78, 5) is 0. The van der Waals surface area contributed by atoms with Crippen LogP contribution < -0.4 is 5.01 Å². The molecule has 1 rings (SSSR count). The molecule has 10 heavy (non-hydrogen) atoms. The molecule has 1 aromatic rings. The number of hydrogen-bond donors (Lipinski definition) is 2. The van der Waals surface area contributed by atoms with E-state index in [0.717, 1.165) is 0 Å². The predicted molar refractivity (Wildman–Crippen MR) is 37.8 cm³/mol. The van der Waals surface area contributed by atoms with Gasteiger partial charge in [-0.25, -0.2) is 0 Å². The van der Waals surface area contributed by atoms with E-state index in [4.69, 9.17) is 10.2 Å². The molecule has 1 aromatic heterocycles. The van der Waals surface area contributed by atoms with Gasteiger partial charge in [0.25, 0.3) is 0 Å². The first kappa shape index (κ1) is 6.80. The fraction of sp³-hybridized carbons (Fsp3) is 0.333. The average molecular weight is 142 g/mol. The Balaban J connectivity index is 3.10. The van der Waals surface area contributed by atoms with Crippen LogP contribution in [0, 0.1) is 0 Å². The van der Waals surface area contributed by atoms with Gasteiger partial charge in [0.05, 0.1) is 0 Å². The molecule has 0 aromatic carbocycles. The molecule has 0 unspecified atom stereocenters. The molecule has 1 heterocycles. The first-order valence-corrected chi connectivity index (χ1v) is 2.90. The zero-order chi connectivity index (χ0) is 7.72. The highest BCUT2D eigenvalue weighted by atomic mass is 16.3. The lowest BCUT2D eigenvalue weighted by Gasteiger charge is -2.15. The summed E-state index contributed by atoms with van der Waals surface area (Å²) in [6.45, 7) is 0. The van der Waals surface area contributed by atoms with E-state index in [1.807, 2.05) is 0 Å². The van der Waals surface area contributed by atoms with E-state index >= 15 is 0 Å². The van der Waals surface area contributed by atoms with Crippen LogP contribution in [-0.4, -0.2) is 29.0 Å². The standard InChI is InChI=1S/C6H10N2O2/c1-7(2)8-5(9)3-4-6(8)10/h3-4,9-10H,1-2H3. The molecule has 0 aliphatic rings. The lowest BCUT2D eigenvalue weighted by Crippen LogP contribution is -2.23. The minimum absolute atomic E-state index is 0.0301. The molecular formula is C6H10N2O2. The Kier molecular flexibility index (Phi) is 1.45. The summed E-state index contributed by atoms with van der Waals surface area (Å²) >= 11 is 0. The molecule has 0 bridgehead atoms. The first-order chi connectivity index (χ1) is 4.63. The third kappa shape index (κ3) is 0.877. The van der Waals surface area contributed by atoms with E-state index in [2.05, 4.69) is 0 Å². The number of nitrogens with zero attached hydrogens (tertiary/aromatic N) is 2. The van der Waals surface area contributed by atoms with Crippen molar-refractivity contribution in [2.45, 2.75) is 0 Å². The maximum Gasteiger partial charge on any atom is 0.213 e. The van der Waals surface area contributed by atoms with Crippen LogP contribution >= 0.6 is 0 Å². The van der Waals surface area contributed by atoms with Gasteiger partial charge in [-0.2, -0.15) is 4.68 Å². The highest BCUT2D eigenvalue weighted by molar-refractivity contribution is 5.25. The van der Waals surface area contributed by atoms with Gasteiger partial charge in [0.2, 0.25) is 11.8 Å². The number of aromatic hydroxyl groups is 2. The normalized spacial score (nSPS) is 9.80. The number of hydrogen-bond acceptors (Lipinski definition) is 3. The summed E-state index contributed by atoms with van der Waals surface area (Å²) in [6, 6.07) is 2.85. The fourth-order valence-electron chi connectivity index (χ4n) is 0.817. The van der Waals surface area contributed by atoms with Gasteiger partial charge in [-0.15, -0.1) is 0 Å². The molecule has 0 spiro atoms. The summed E-state index contributed by atoms with van der Waals surface area (Å²) < 4.78 is 1.28. The second-order valence-electron chi connectivity index (χ2n) is 2.21. The Morgan fingerprint density at radius 2 is 1.60 bits per heavy atom. The van der Waals surface area contributed by atoms with Crippen molar-refractivity contribution >= 4 is 0 Å². The highest BCUT2D eigenvalue weighted by Gasteiger charge is 2.05. The van der Waals surface area contributed by atoms with Crippen LogP contribution in [0.5, 0.6) is 11.8 Å². The maximum absolute atomic E-state index is 9.06. The second kappa shape index (κ2) is 2.13. The van der Waals surface area contributed by atoms with Crippen molar-refractivity contribution in [3.8, 4) is 11.8 Å². The van der Waals surface area contributed by atoms with Crippen LogP contribution in [0.25, 0.3) is 0 Å². The van der Waals surface area contributed by atoms with Crippen LogP contribution in [-0.2, 0) is 0 Å². The van der Waals surface area contributed by atoms with E-state index in [1.165, 1.54) is 16.8 Å². The molecular weight excluding hydrogens is 132 g/mol. The number of aromatic nitrogens is 1. The summed E-state index contributed by atoms with van der Waals surface area (Å²) in [5, 5.41) is 19.7. The van der Waals surface area contributed by atoms with Gasteiger partial charge in [0.15, 0.2) is 0 Å². The van der Waals surface area contributed by atoms with Crippen molar-refractivity contribution in [1.82, 2.24) is 4.68 Å². The summed E-state index contributed by atoms with van der Waals surface area (Å²) in [5.74, 6) is 0.0602. The molecule has 0 amide bonds. The van der Waals surface area contributed by atoms with Crippen molar-refractivity contribution in [3.63, 3.8) is 0 Å². The van der Waals surface area contributed by atoms with E-state index in [-0.39, 0.29) is 11.8 Å². The van der Waals surface area contributed by atoms with Crippen molar-refractivity contribution in [3.05, 3.63) is 12.1 Å². The van der Waals surface area contributed by atoms with E-state index in [9.17, 15) is 0 Å². The SMILES string of the molecule is CN(C)n1c(O)ccc1O. The fourth-order valence-corrected chi connectivity index (χ4v) is 0.817. The molecule has 56 valence electrons.